The average molecular weight is 300 g/mol. The van der Waals surface area contributed by atoms with Gasteiger partial charge in [0.15, 0.2) is 0 Å². The van der Waals surface area contributed by atoms with Gasteiger partial charge in [-0.05, 0) is 50.2 Å². The van der Waals surface area contributed by atoms with Crippen molar-refractivity contribution in [2.24, 2.45) is 0 Å². The molecule has 0 heterocycles. The maximum absolute atomic E-state index is 11.1. The van der Waals surface area contributed by atoms with Gasteiger partial charge in [-0.15, -0.1) is 0 Å². The summed E-state index contributed by atoms with van der Waals surface area (Å²) in [5.74, 6) is 0.321. The third-order valence-corrected chi connectivity index (χ3v) is 5.02. The van der Waals surface area contributed by atoms with E-state index in [1.807, 2.05) is 0 Å². The average Bonchev–Trinajstić information content (AvgIpc) is 2.59. The first-order valence-electron chi connectivity index (χ1n) is 8.43. The molecule has 0 N–H and O–H groups in total. The highest BCUT2D eigenvalue weighted by Gasteiger charge is 2.16. The fourth-order valence-electron chi connectivity index (χ4n) is 3.98. The molecule has 4 aromatic carbocycles. The molecule has 114 valence electrons. The zero-order valence-corrected chi connectivity index (χ0v) is 13.4. The van der Waals surface area contributed by atoms with Gasteiger partial charge in [-0.1, -0.05) is 67.9 Å². The second-order valence-electron chi connectivity index (χ2n) is 6.40. The summed E-state index contributed by atoms with van der Waals surface area (Å²) in [6.07, 6.45) is 3.83. The van der Waals surface area contributed by atoms with E-state index in [2.05, 4.69) is 61.5 Å². The molecular weight excluding hydrogens is 280 g/mol. The largest absolute Gasteiger partial charge is 0.303 e. The van der Waals surface area contributed by atoms with Crippen LogP contribution >= 0.6 is 0 Å². The van der Waals surface area contributed by atoms with Crippen molar-refractivity contribution in [1.29, 1.82) is 0 Å². The lowest BCUT2D eigenvalue weighted by molar-refractivity contribution is -0.108. The molecule has 1 unspecified atom stereocenters. The van der Waals surface area contributed by atoms with Gasteiger partial charge in [0.1, 0.15) is 6.29 Å². The lowest BCUT2D eigenvalue weighted by Gasteiger charge is -2.19. The monoisotopic (exact) mass is 300 g/mol. The maximum Gasteiger partial charge on any atom is 0.120 e. The Kier molecular flexibility index (Phi) is 3.49. The van der Waals surface area contributed by atoms with Crippen LogP contribution in [0.3, 0.4) is 0 Å². The Morgan fingerprint density at radius 2 is 1.52 bits per heavy atom. The Morgan fingerprint density at radius 3 is 2.22 bits per heavy atom. The summed E-state index contributed by atoms with van der Waals surface area (Å²) in [7, 11) is 0. The van der Waals surface area contributed by atoms with E-state index in [9.17, 15) is 4.79 Å². The first-order chi connectivity index (χ1) is 11.3. The van der Waals surface area contributed by atoms with Crippen LogP contribution in [0.25, 0.3) is 32.3 Å². The van der Waals surface area contributed by atoms with Crippen LogP contribution < -0.4 is 0 Å². The first-order valence-corrected chi connectivity index (χ1v) is 8.43. The highest BCUT2D eigenvalue weighted by Crippen LogP contribution is 2.39. The van der Waals surface area contributed by atoms with Crippen LogP contribution in [0.15, 0.2) is 54.6 Å². The SMILES string of the molecule is CCCC(CC=O)c1ccc2ccc3cccc4ccc1c2c34. The Hall–Kier alpha value is -2.41. The topological polar surface area (TPSA) is 17.1 Å². The van der Waals surface area contributed by atoms with E-state index in [4.69, 9.17) is 0 Å². The van der Waals surface area contributed by atoms with Gasteiger partial charge in [0, 0.05) is 6.42 Å². The van der Waals surface area contributed by atoms with Crippen LogP contribution in [-0.4, -0.2) is 6.29 Å². The third kappa shape index (κ3) is 2.19. The standard InChI is InChI=1S/C22H20O/c1-2-4-15(13-14-23)19-11-9-18-8-7-16-5-3-6-17-10-12-20(19)22(18)21(16)17/h3,5-12,14-15H,2,4,13H2,1H3. The van der Waals surface area contributed by atoms with Crippen molar-refractivity contribution in [3.8, 4) is 0 Å². The third-order valence-electron chi connectivity index (χ3n) is 5.02. The van der Waals surface area contributed by atoms with Crippen LogP contribution in [0.4, 0.5) is 0 Å². The minimum absolute atomic E-state index is 0.321. The predicted molar refractivity (Wildman–Crippen MR) is 98.5 cm³/mol. The Bertz CT molecular complexity index is 967. The molecule has 0 aromatic heterocycles. The smallest absolute Gasteiger partial charge is 0.120 e. The second-order valence-corrected chi connectivity index (χ2v) is 6.40. The summed E-state index contributed by atoms with van der Waals surface area (Å²) >= 11 is 0. The van der Waals surface area contributed by atoms with Gasteiger partial charge in [-0.2, -0.15) is 0 Å². The summed E-state index contributed by atoms with van der Waals surface area (Å²) in [5.41, 5.74) is 1.32. The van der Waals surface area contributed by atoms with Crippen molar-refractivity contribution in [3.05, 3.63) is 60.2 Å². The van der Waals surface area contributed by atoms with E-state index in [-0.39, 0.29) is 0 Å². The number of carbonyl (C=O) groups is 1. The highest BCUT2D eigenvalue weighted by molar-refractivity contribution is 6.23. The van der Waals surface area contributed by atoms with Crippen LogP contribution in [-0.2, 0) is 4.79 Å². The van der Waals surface area contributed by atoms with E-state index in [0.717, 1.165) is 19.1 Å². The van der Waals surface area contributed by atoms with E-state index >= 15 is 0 Å². The van der Waals surface area contributed by atoms with Gasteiger partial charge in [0.05, 0.1) is 0 Å². The maximum atomic E-state index is 11.1. The quantitative estimate of drug-likeness (QED) is 0.323. The molecule has 4 aromatic rings. The molecular formula is C22H20O. The van der Waals surface area contributed by atoms with Crippen LogP contribution in [0.2, 0.25) is 0 Å². The van der Waals surface area contributed by atoms with Gasteiger partial charge in [0.25, 0.3) is 0 Å². The molecule has 1 heteroatoms. The van der Waals surface area contributed by atoms with E-state index in [1.54, 1.807) is 0 Å². The molecule has 1 nitrogen and oxygen atoms in total. The molecule has 0 radical (unpaired) electrons. The van der Waals surface area contributed by atoms with Gasteiger partial charge < -0.3 is 4.79 Å². The van der Waals surface area contributed by atoms with Gasteiger partial charge >= 0.3 is 0 Å². The molecule has 0 bridgehead atoms. The van der Waals surface area contributed by atoms with Gasteiger partial charge in [-0.3, -0.25) is 0 Å². The summed E-state index contributed by atoms with van der Waals surface area (Å²) in [6, 6.07) is 19.8. The highest BCUT2D eigenvalue weighted by atomic mass is 16.1. The minimum Gasteiger partial charge on any atom is -0.303 e. The second kappa shape index (κ2) is 5.66. The number of carbonyl (C=O) groups excluding carboxylic acids is 1. The molecule has 0 aliphatic rings. The van der Waals surface area contributed by atoms with Crippen LogP contribution in [0.5, 0.6) is 0 Å². The summed E-state index contributed by atoms with van der Waals surface area (Å²) in [5, 5.41) is 7.89. The molecule has 0 amide bonds. The number of hydrogen-bond donors (Lipinski definition) is 0. The predicted octanol–water partition coefficient (Wildman–Crippen LogP) is 6.06. The van der Waals surface area contributed by atoms with Crippen molar-refractivity contribution in [2.45, 2.75) is 32.1 Å². The van der Waals surface area contributed by atoms with Gasteiger partial charge in [-0.25, -0.2) is 0 Å². The Morgan fingerprint density at radius 1 is 0.870 bits per heavy atom. The molecule has 0 saturated carbocycles. The van der Waals surface area contributed by atoms with Crippen molar-refractivity contribution >= 4 is 38.6 Å². The number of hydrogen-bond acceptors (Lipinski definition) is 1. The Labute approximate surface area is 136 Å². The molecule has 0 spiro atoms. The minimum atomic E-state index is 0.321. The normalized spacial score (nSPS) is 13.1. The van der Waals surface area contributed by atoms with Crippen LogP contribution in [0.1, 0.15) is 37.7 Å². The molecule has 0 saturated heterocycles. The van der Waals surface area contributed by atoms with Crippen molar-refractivity contribution in [3.63, 3.8) is 0 Å². The molecule has 0 fully saturated rings. The lowest BCUT2D eigenvalue weighted by Crippen LogP contribution is -2.01. The fourth-order valence-corrected chi connectivity index (χ4v) is 3.98. The van der Waals surface area contributed by atoms with Crippen molar-refractivity contribution in [1.82, 2.24) is 0 Å². The van der Waals surface area contributed by atoms with E-state index < -0.39 is 0 Å². The van der Waals surface area contributed by atoms with E-state index in [0.29, 0.717) is 12.3 Å². The number of benzene rings is 4. The molecule has 1 atom stereocenters. The number of rotatable bonds is 5. The van der Waals surface area contributed by atoms with Crippen molar-refractivity contribution in [2.75, 3.05) is 0 Å². The zero-order valence-electron chi connectivity index (χ0n) is 13.4. The summed E-state index contributed by atoms with van der Waals surface area (Å²) < 4.78 is 0. The molecule has 0 aliphatic heterocycles. The molecule has 4 rings (SSSR count). The lowest BCUT2D eigenvalue weighted by atomic mass is 9.85. The van der Waals surface area contributed by atoms with Crippen LogP contribution in [0, 0.1) is 0 Å². The Balaban J connectivity index is 2.08. The fraction of sp³-hybridized carbons (Fsp3) is 0.227. The zero-order chi connectivity index (χ0) is 15.8. The molecule has 0 aliphatic carbocycles. The summed E-state index contributed by atoms with van der Waals surface area (Å²) in [6.45, 7) is 2.19. The van der Waals surface area contributed by atoms with Gasteiger partial charge in [0.2, 0.25) is 0 Å². The first kappa shape index (κ1) is 14.2. The number of aldehydes is 1. The summed E-state index contributed by atoms with van der Waals surface area (Å²) in [4.78, 5) is 11.1. The van der Waals surface area contributed by atoms with Crippen molar-refractivity contribution < 1.29 is 4.79 Å². The van der Waals surface area contributed by atoms with E-state index in [1.165, 1.54) is 37.9 Å². The molecule has 23 heavy (non-hydrogen) atoms.